The molecule has 0 fully saturated rings. The van der Waals surface area contributed by atoms with Crippen molar-refractivity contribution in [3.63, 3.8) is 0 Å². The van der Waals surface area contributed by atoms with Crippen molar-refractivity contribution in [2.75, 3.05) is 11.3 Å². The number of benzene rings is 2. The van der Waals surface area contributed by atoms with Gasteiger partial charge in [-0.3, -0.25) is 4.72 Å². The van der Waals surface area contributed by atoms with Gasteiger partial charge in [0.15, 0.2) is 0 Å². The van der Waals surface area contributed by atoms with E-state index in [9.17, 15) is 13.2 Å². The van der Waals surface area contributed by atoms with E-state index in [1.54, 1.807) is 44.2 Å². The molecule has 0 saturated heterocycles. The number of carbonyl (C=O) groups excluding carboxylic acids is 1. The van der Waals surface area contributed by atoms with Crippen LogP contribution >= 0.6 is 0 Å². The molecule has 0 aliphatic heterocycles. The topological polar surface area (TPSA) is 85.6 Å². The number of hydrogen-bond acceptors (Lipinski definition) is 5. The zero-order valence-electron chi connectivity index (χ0n) is 16.1. The van der Waals surface area contributed by atoms with Gasteiger partial charge in [-0.25, -0.2) is 13.2 Å². The van der Waals surface area contributed by atoms with Crippen LogP contribution in [0.2, 0.25) is 0 Å². The molecular formula is C21H23NO5S. The van der Waals surface area contributed by atoms with E-state index in [4.69, 9.17) is 9.15 Å². The SMILES string of the molecule is CCCc1oc2cc(C)c(NS(=O)(=O)c3ccccc3)cc2c1C(=O)OCC. The van der Waals surface area contributed by atoms with Crippen LogP contribution in [0, 0.1) is 6.92 Å². The largest absolute Gasteiger partial charge is 0.462 e. The molecule has 0 aliphatic rings. The Labute approximate surface area is 164 Å². The van der Waals surface area contributed by atoms with E-state index in [0.29, 0.717) is 40.0 Å². The number of carbonyl (C=O) groups is 1. The highest BCUT2D eigenvalue weighted by Crippen LogP contribution is 2.33. The first-order valence-corrected chi connectivity index (χ1v) is 10.7. The lowest BCUT2D eigenvalue weighted by molar-refractivity contribution is 0.0526. The van der Waals surface area contributed by atoms with Crippen molar-refractivity contribution in [2.24, 2.45) is 0 Å². The number of anilines is 1. The second-order valence-corrected chi connectivity index (χ2v) is 8.13. The van der Waals surface area contributed by atoms with Gasteiger partial charge in [-0.1, -0.05) is 25.1 Å². The van der Waals surface area contributed by atoms with Gasteiger partial charge in [-0.2, -0.15) is 0 Å². The van der Waals surface area contributed by atoms with Gasteiger partial charge in [-0.15, -0.1) is 0 Å². The van der Waals surface area contributed by atoms with E-state index >= 15 is 0 Å². The summed E-state index contributed by atoms with van der Waals surface area (Å²) in [7, 11) is -3.75. The fraction of sp³-hybridized carbons (Fsp3) is 0.286. The van der Waals surface area contributed by atoms with Gasteiger partial charge in [-0.05, 0) is 50.1 Å². The molecule has 1 heterocycles. The number of aryl methyl sites for hydroxylation is 2. The van der Waals surface area contributed by atoms with E-state index in [-0.39, 0.29) is 11.5 Å². The molecule has 3 aromatic rings. The Morgan fingerprint density at radius 1 is 1.14 bits per heavy atom. The number of rotatable bonds is 7. The lowest BCUT2D eigenvalue weighted by atomic mass is 10.1. The summed E-state index contributed by atoms with van der Waals surface area (Å²) in [6, 6.07) is 11.5. The van der Waals surface area contributed by atoms with Crippen molar-refractivity contribution >= 4 is 32.6 Å². The summed E-state index contributed by atoms with van der Waals surface area (Å²) >= 11 is 0. The lowest BCUT2D eigenvalue weighted by Gasteiger charge is -2.11. The van der Waals surface area contributed by atoms with Gasteiger partial charge >= 0.3 is 5.97 Å². The number of fused-ring (bicyclic) bond motifs is 1. The summed E-state index contributed by atoms with van der Waals surface area (Å²) in [5.41, 5.74) is 1.98. The molecule has 0 aliphatic carbocycles. The molecule has 6 nitrogen and oxygen atoms in total. The highest BCUT2D eigenvalue weighted by molar-refractivity contribution is 7.92. The third-order valence-electron chi connectivity index (χ3n) is 4.36. The smallest absolute Gasteiger partial charge is 0.342 e. The minimum atomic E-state index is -3.75. The third kappa shape index (κ3) is 3.89. The molecule has 1 aromatic heterocycles. The van der Waals surface area contributed by atoms with E-state index < -0.39 is 16.0 Å². The van der Waals surface area contributed by atoms with Crippen LogP contribution in [0.3, 0.4) is 0 Å². The molecule has 1 N–H and O–H groups in total. The van der Waals surface area contributed by atoms with Crippen LogP contribution in [-0.4, -0.2) is 21.0 Å². The Hall–Kier alpha value is -2.80. The van der Waals surface area contributed by atoms with Crippen molar-refractivity contribution in [3.8, 4) is 0 Å². The molecule has 0 bridgehead atoms. The predicted octanol–water partition coefficient (Wildman–Crippen LogP) is 4.67. The maximum atomic E-state index is 12.7. The number of esters is 1. The zero-order chi connectivity index (χ0) is 20.3. The van der Waals surface area contributed by atoms with Crippen LogP contribution in [0.5, 0.6) is 0 Å². The molecule has 0 unspecified atom stereocenters. The molecular weight excluding hydrogens is 378 g/mol. The summed E-state index contributed by atoms with van der Waals surface area (Å²) in [5.74, 6) is 0.0869. The Morgan fingerprint density at radius 3 is 2.50 bits per heavy atom. The van der Waals surface area contributed by atoms with Crippen LogP contribution < -0.4 is 4.72 Å². The highest BCUT2D eigenvalue weighted by atomic mass is 32.2. The number of furan rings is 1. The minimum Gasteiger partial charge on any atom is -0.462 e. The molecule has 2 aromatic carbocycles. The van der Waals surface area contributed by atoms with Gasteiger partial charge in [0, 0.05) is 11.8 Å². The van der Waals surface area contributed by atoms with Crippen molar-refractivity contribution in [1.29, 1.82) is 0 Å². The number of ether oxygens (including phenoxy) is 1. The zero-order valence-corrected chi connectivity index (χ0v) is 16.9. The Morgan fingerprint density at radius 2 is 1.86 bits per heavy atom. The maximum absolute atomic E-state index is 12.7. The number of nitrogens with one attached hydrogen (secondary N) is 1. The van der Waals surface area contributed by atoms with Crippen molar-refractivity contribution in [1.82, 2.24) is 0 Å². The molecule has 7 heteroatoms. The Balaban J connectivity index is 2.10. The van der Waals surface area contributed by atoms with Crippen LogP contribution in [0.1, 0.15) is 41.9 Å². The number of hydrogen-bond donors (Lipinski definition) is 1. The average molecular weight is 401 g/mol. The normalized spacial score (nSPS) is 11.5. The monoisotopic (exact) mass is 401 g/mol. The molecule has 148 valence electrons. The quantitative estimate of drug-likeness (QED) is 0.582. The summed E-state index contributed by atoms with van der Waals surface area (Å²) < 4.78 is 39.1. The Bertz CT molecular complexity index is 1100. The Kier molecular flexibility index (Phi) is 5.74. The molecule has 0 atom stereocenters. The first-order valence-electron chi connectivity index (χ1n) is 9.18. The molecule has 3 rings (SSSR count). The number of sulfonamides is 1. The van der Waals surface area contributed by atoms with E-state index in [0.717, 1.165) is 6.42 Å². The molecule has 0 radical (unpaired) electrons. The standard InChI is InChI=1S/C21H23NO5S/c1-4-9-18-20(21(23)26-5-2)16-13-17(14(3)12-19(16)27-18)22-28(24,25)15-10-7-6-8-11-15/h6-8,10-13,22H,4-5,9H2,1-3H3. The van der Waals surface area contributed by atoms with Crippen LogP contribution in [0.25, 0.3) is 11.0 Å². The molecule has 0 saturated carbocycles. The first kappa shape index (κ1) is 19.9. The van der Waals surface area contributed by atoms with Crippen molar-refractivity contribution in [3.05, 3.63) is 59.4 Å². The lowest BCUT2D eigenvalue weighted by Crippen LogP contribution is -2.13. The van der Waals surface area contributed by atoms with E-state index in [1.165, 1.54) is 12.1 Å². The second kappa shape index (κ2) is 8.06. The van der Waals surface area contributed by atoms with Crippen LogP contribution in [0.4, 0.5) is 5.69 Å². The summed E-state index contributed by atoms with van der Waals surface area (Å²) in [5, 5.41) is 0.540. The maximum Gasteiger partial charge on any atom is 0.342 e. The van der Waals surface area contributed by atoms with Crippen molar-refractivity contribution < 1.29 is 22.4 Å². The summed E-state index contributed by atoms with van der Waals surface area (Å²) in [6.45, 7) is 5.76. The molecule has 0 amide bonds. The fourth-order valence-corrected chi connectivity index (χ4v) is 4.18. The minimum absolute atomic E-state index is 0.166. The van der Waals surface area contributed by atoms with E-state index in [1.807, 2.05) is 6.92 Å². The van der Waals surface area contributed by atoms with Crippen molar-refractivity contribution in [2.45, 2.75) is 38.5 Å². The van der Waals surface area contributed by atoms with Crippen LogP contribution in [-0.2, 0) is 21.2 Å². The summed E-state index contributed by atoms with van der Waals surface area (Å²) in [4.78, 5) is 12.7. The third-order valence-corrected chi connectivity index (χ3v) is 5.74. The predicted molar refractivity (Wildman–Crippen MR) is 108 cm³/mol. The molecule has 28 heavy (non-hydrogen) atoms. The fourth-order valence-electron chi connectivity index (χ4n) is 3.04. The highest BCUT2D eigenvalue weighted by Gasteiger charge is 2.23. The van der Waals surface area contributed by atoms with Gasteiger partial charge in [0.05, 0.1) is 17.2 Å². The van der Waals surface area contributed by atoms with Gasteiger partial charge < -0.3 is 9.15 Å². The molecule has 0 spiro atoms. The van der Waals surface area contributed by atoms with Crippen LogP contribution in [0.15, 0.2) is 51.8 Å². The average Bonchev–Trinajstić information content (AvgIpc) is 3.00. The van der Waals surface area contributed by atoms with E-state index in [2.05, 4.69) is 4.72 Å². The van der Waals surface area contributed by atoms with Gasteiger partial charge in [0.1, 0.15) is 16.9 Å². The first-order chi connectivity index (χ1) is 13.4. The van der Waals surface area contributed by atoms with Gasteiger partial charge in [0.25, 0.3) is 10.0 Å². The second-order valence-electron chi connectivity index (χ2n) is 6.45. The van der Waals surface area contributed by atoms with Gasteiger partial charge in [0.2, 0.25) is 0 Å². The summed E-state index contributed by atoms with van der Waals surface area (Å²) in [6.07, 6.45) is 1.39.